The Morgan fingerprint density at radius 3 is 2.71 bits per heavy atom. The fraction of sp³-hybridized carbons (Fsp3) is 0.0909. The summed E-state index contributed by atoms with van der Waals surface area (Å²) in [4.78, 5) is 23.8. The number of rotatable bonds is 3. The highest BCUT2D eigenvalue weighted by Crippen LogP contribution is 2.25. The van der Waals surface area contributed by atoms with Crippen molar-refractivity contribution in [3.63, 3.8) is 0 Å². The first-order valence-corrected chi connectivity index (χ1v) is 6.49. The summed E-state index contributed by atoms with van der Waals surface area (Å²) in [5.41, 5.74) is 0.377. The van der Waals surface area contributed by atoms with Crippen molar-refractivity contribution in [2.75, 3.05) is 12.4 Å². The van der Waals surface area contributed by atoms with Crippen LogP contribution in [-0.4, -0.2) is 19.0 Å². The number of nitrogens with one attached hydrogen (secondary N) is 1. The van der Waals surface area contributed by atoms with E-state index in [4.69, 9.17) is 0 Å². The molecule has 0 bridgehead atoms. The van der Waals surface area contributed by atoms with Crippen molar-refractivity contribution < 1.29 is 14.3 Å². The topological polar surface area (TPSA) is 55.4 Å². The van der Waals surface area contributed by atoms with Crippen LogP contribution >= 0.6 is 22.7 Å². The molecule has 2 rings (SSSR count). The third-order valence-electron chi connectivity index (χ3n) is 2.04. The largest absolute Gasteiger partial charge is 0.465 e. The van der Waals surface area contributed by atoms with Crippen molar-refractivity contribution in [1.29, 1.82) is 0 Å². The maximum absolute atomic E-state index is 11.8. The molecule has 2 aromatic heterocycles. The van der Waals surface area contributed by atoms with E-state index in [0.29, 0.717) is 15.4 Å². The van der Waals surface area contributed by atoms with Gasteiger partial charge in [-0.3, -0.25) is 4.79 Å². The van der Waals surface area contributed by atoms with Crippen LogP contribution in [0.2, 0.25) is 0 Å². The molecule has 0 aliphatic carbocycles. The minimum atomic E-state index is -0.451. The summed E-state index contributed by atoms with van der Waals surface area (Å²) in [6, 6.07) is 5.15. The monoisotopic (exact) mass is 267 g/mol. The quantitative estimate of drug-likeness (QED) is 0.870. The van der Waals surface area contributed by atoms with Gasteiger partial charge in [-0.2, -0.15) is 0 Å². The number of esters is 1. The third kappa shape index (κ3) is 2.54. The van der Waals surface area contributed by atoms with Crippen LogP contribution in [-0.2, 0) is 4.74 Å². The Balaban J connectivity index is 2.17. The van der Waals surface area contributed by atoms with Gasteiger partial charge in [0, 0.05) is 0 Å². The second-order valence-corrected chi connectivity index (χ2v) is 4.95. The maximum Gasteiger partial charge on any atom is 0.340 e. The number of thiophene rings is 2. The molecule has 17 heavy (non-hydrogen) atoms. The molecule has 2 aromatic rings. The molecule has 0 radical (unpaired) electrons. The Morgan fingerprint density at radius 1 is 1.24 bits per heavy atom. The van der Waals surface area contributed by atoms with Gasteiger partial charge in [0.2, 0.25) is 0 Å². The Hall–Kier alpha value is -1.66. The molecule has 4 nitrogen and oxygen atoms in total. The van der Waals surface area contributed by atoms with Gasteiger partial charge < -0.3 is 10.1 Å². The van der Waals surface area contributed by atoms with E-state index < -0.39 is 5.97 Å². The Bertz CT molecular complexity index is 531. The lowest BCUT2D eigenvalue weighted by Crippen LogP contribution is -2.12. The van der Waals surface area contributed by atoms with E-state index in [2.05, 4.69) is 10.1 Å². The predicted octanol–water partition coefficient (Wildman–Crippen LogP) is 2.85. The summed E-state index contributed by atoms with van der Waals surface area (Å²) in [6.45, 7) is 0. The fourth-order valence-electron chi connectivity index (χ4n) is 1.25. The second kappa shape index (κ2) is 5.11. The van der Waals surface area contributed by atoms with Gasteiger partial charge in [0.25, 0.3) is 5.91 Å². The lowest BCUT2D eigenvalue weighted by molar-refractivity contribution is 0.0602. The van der Waals surface area contributed by atoms with Gasteiger partial charge in [-0.05, 0) is 22.9 Å². The molecule has 0 spiro atoms. The zero-order chi connectivity index (χ0) is 12.3. The molecule has 0 atom stereocenters. The van der Waals surface area contributed by atoms with Gasteiger partial charge in [0.15, 0.2) is 0 Å². The first-order valence-electron chi connectivity index (χ1n) is 4.73. The van der Waals surface area contributed by atoms with E-state index in [1.165, 1.54) is 29.8 Å². The fourth-order valence-corrected chi connectivity index (χ4v) is 2.64. The average molecular weight is 267 g/mol. The van der Waals surface area contributed by atoms with Crippen molar-refractivity contribution >= 4 is 39.6 Å². The Morgan fingerprint density at radius 2 is 2.06 bits per heavy atom. The molecule has 0 saturated heterocycles. The highest BCUT2D eigenvalue weighted by Gasteiger charge is 2.16. The zero-order valence-corrected chi connectivity index (χ0v) is 10.6. The molecule has 0 unspecified atom stereocenters. The number of hydrogen-bond donors (Lipinski definition) is 1. The lowest BCUT2D eigenvalue weighted by Gasteiger charge is -2.03. The summed E-state index contributed by atoms with van der Waals surface area (Å²) in [6.07, 6.45) is 0. The van der Waals surface area contributed by atoms with Gasteiger partial charge in [-0.15, -0.1) is 22.7 Å². The highest BCUT2D eigenvalue weighted by molar-refractivity contribution is 7.15. The molecular formula is C11H9NO3S2. The average Bonchev–Trinajstić information content (AvgIpc) is 2.98. The number of amides is 1. The van der Waals surface area contributed by atoms with Gasteiger partial charge >= 0.3 is 5.97 Å². The van der Waals surface area contributed by atoms with Gasteiger partial charge in [0.05, 0.1) is 17.6 Å². The number of ether oxygens (including phenoxy) is 1. The molecule has 88 valence electrons. The number of carbonyl (C=O) groups excluding carboxylic acids is 2. The summed E-state index contributed by atoms with van der Waals surface area (Å²) >= 11 is 2.64. The lowest BCUT2D eigenvalue weighted by atomic mass is 10.3. The first-order chi connectivity index (χ1) is 8.22. The number of hydrogen-bond acceptors (Lipinski definition) is 5. The van der Waals surface area contributed by atoms with Gasteiger partial charge in [-0.25, -0.2) is 4.79 Å². The Kier molecular flexibility index (Phi) is 3.55. The number of carbonyl (C=O) groups is 2. The van der Waals surface area contributed by atoms with E-state index in [9.17, 15) is 9.59 Å². The van der Waals surface area contributed by atoms with Crippen LogP contribution in [0.1, 0.15) is 20.0 Å². The predicted molar refractivity (Wildman–Crippen MR) is 67.9 cm³/mol. The van der Waals surface area contributed by atoms with E-state index >= 15 is 0 Å². The van der Waals surface area contributed by atoms with Crippen molar-refractivity contribution in [3.05, 3.63) is 39.4 Å². The minimum absolute atomic E-state index is 0.215. The van der Waals surface area contributed by atoms with Crippen LogP contribution in [0.3, 0.4) is 0 Å². The van der Waals surface area contributed by atoms with Crippen LogP contribution < -0.4 is 5.32 Å². The summed E-state index contributed by atoms with van der Waals surface area (Å²) in [7, 11) is 1.31. The smallest absolute Gasteiger partial charge is 0.340 e. The van der Waals surface area contributed by atoms with E-state index in [-0.39, 0.29) is 5.91 Å². The summed E-state index contributed by atoms with van der Waals surface area (Å²) < 4.78 is 4.63. The van der Waals surface area contributed by atoms with Crippen LogP contribution in [0.25, 0.3) is 0 Å². The first kappa shape index (κ1) is 11.8. The van der Waals surface area contributed by atoms with Crippen LogP contribution in [0.5, 0.6) is 0 Å². The SMILES string of the molecule is COC(=O)c1ccsc1NC(=O)c1cccs1. The molecule has 0 aliphatic rings. The van der Waals surface area contributed by atoms with Crippen molar-refractivity contribution in [2.24, 2.45) is 0 Å². The Labute approximate surface area is 106 Å². The number of methoxy groups -OCH3 is 1. The third-order valence-corrected chi connectivity index (χ3v) is 3.74. The maximum atomic E-state index is 11.8. The van der Waals surface area contributed by atoms with Crippen LogP contribution in [0, 0.1) is 0 Å². The molecule has 2 heterocycles. The molecule has 6 heteroatoms. The zero-order valence-electron chi connectivity index (χ0n) is 8.93. The summed E-state index contributed by atoms with van der Waals surface area (Å²) in [5.74, 6) is -0.666. The van der Waals surface area contributed by atoms with Gasteiger partial charge in [-0.1, -0.05) is 6.07 Å². The molecule has 1 amide bonds. The highest BCUT2D eigenvalue weighted by atomic mass is 32.1. The molecule has 0 fully saturated rings. The second-order valence-electron chi connectivity index (χ2n) is 3.09. The molecule has 1 N–H and O–H groups in total. The molecule has 0 aromatic carbocycles. The van der Waals surface area contributed by atoms with Crippen molar-refractivity contribution in [2.45, 2.75) is 0 Å². The molecular weight excluding hydrogens is 258 g/mol. The standard InChI is InChI=1S/C11H9NO3S2/c1-15-11(14)7-4-6-17-10(7)12-9(13)8-3-2-5-16-8/h2-6H,1H3,(H,12,13). The van der Waals surface area contributed by atoms with E-state index in [1.54, 1.807) is 23.6 Å². The van der Waals surface area contributed by atoms with Crippen LogP contribution in [0.4, 0.5) is 5.00 Å². The van der Waals surface area contributed by atoms with Gasteiger partial charge in [0.1, 0.15) is 5.00 Å². The summed E-state index contributed by atoms with van der Waals surface area (Å²) in [5, 5.41) is 6.76. The van der Waals surface area contributed by atoms with E-state index in [0.717, 1.165) is 0 Å². The minimum Gasteiger partial charge on any atom is -0.465 e. The normalized spacial score (nSPS) is 9.94. The van der Waals surface area contributed by atoms with Crippen molar-refractivity contribution in [1.82, 2.24) is 0 Å². The molecule has 0 saturated carbocycles. The van der Waals surface area contributed by atoms with Crippen molar-refractivity contribution in [3.8, 4) is 0 Å². The molecule has 0 aliphatic heterocycles. The number of anilines is 1. The van der Waals surface area contributed by atoms with Crippen LogP contribution in [0.15, 0.2) is 29.0 Å². The van der Waals surface area contributed by atoms with E-state index in [1.807, 2.05) is 5.38 Å².